The van der Waals surface area contributed by atoms with Crippen LogP contribution in [0.25, 0.3) is 22.6 Å². The van der Waals surface area contributed by atoms with Crippen LogP contribution in [0.15, 0.2) is 18.7 Å². The van der Waals surface area contributed by atoms with Gasteiger partial charge < -0.3 is 14.8 Å². The molecule has 3 aromatic heterocycles. The lowest BCUT2D eigenvalue weighted by atomic mass is 10.2. The fourth-order valence-electron chi connectivity index (χ4n) is 3.73. The van der Waals surface area contributed by atoms with Crippen LogP contribution in [0.3, 0.4) is 0 Å². The number of aromatic nitrogens is 6. The van der Waals surface area contributed by atoms with Crippen molar-refractivity contribution in [2.24, 2.45) is 0 Å². The molecule has 1 fully saturated rings. The van der Waals surface area contributed by atoms with Crippen molar-refractivity contribution in [2.75, 3.05) is 29.9 Å². The van der Waals surface area contributed by atoms with Crippen molar-refractivity contribution < 1.29 is 13.2 Å². The molecule has 1 amide bonds. The highest BCUT2D eigenvalue weighted by Crippen LogP contribution is 2.27. The molecular weight excluding hydrogens is 432 g/mol. The minimum atomic E-state index is -3.06. The van der Waals surface area contributed by atoms with Crippen LogP contribution < -0.4 is 5.32 Å². The standard InChI is InChI=1S/C20H26N8O3S/c1-4-15(20(29)27-6-8-32(30,31)9-7-27)25-17-16-19(24-12-23-17)28(5-2)18(26-16)14-10-21-13(3)22-11-14/h10-12,15H,4-9H2,1-3H3,(H,23,24,25). The fourth-order valence-corrected chi connectivity index (χ4v) is 4.93. The summed E-state index contributed by atoms with van der Waals surface area (Å²) in [5, 5.41) is 3.22. The van der Waals surface area contributed by atoms with E-state index in [-0.39, 0.29) is 30.5 Å². The number of carbonyl (C=O) groups excluding carboxylic acids is 1. The average Bonchev–Trinajstić information content (AvgIpc) is 3.17. The zero-order chi connectivity index (χ0) is 22.9. The molecule has 1 aliphatic heterocycles. The van der Waals surface area contributed by atoms with Gasteiger partial charge in [-0.1, -0.05) is 6.92 Å². The van der Waals surface area contributed by atoms with Gasteiger partial charge in [-0.2, -0.15) is 0 Å². The van der Waals surface area contributed by atoms with Crippen LogP contribution in [0.5, 0.6) is 0 Å². The summed E-state index contributed by atoms with van der Waals surface area (Å²) >= 11 is 0. The lowest BCUT2D eigenvalue weighted by Crippen LogP contribution is -2.49. The number of nitrogens with one attached hydrogen (secondary N) is 1. The molecule has 1 atom stereocenters. The smallest absolute Gasteiger partial charge is 0.245 e. The number of nitrogens with zero attached hydrogens (tertiary/aromatic N) is 7. The molecule has 0 bridgehead atoms. The van der Waals surface area contributed by atoms with Crippen molar-refractivity contribution in [1.29, 1.82) is 0 Å². The van der Waals surface area contributed by atoms with Gasteiger partial charge in [0.2, 0.25) is 5.91 Å². The molecule has 4 rings (SSSR count). The van der Waals surface area contributed by atoms with Gasteiger partial charge >= 0.3 is 0 Å². The molecule has 170 valence electrons. The molecule has 0 spiro atoms. The highest BCUT2D eigenvalue weighted by molar-refractivity contribution is 7.91. The number of fused-ring (bicyclic) bond motifs is 1. The average molecular weight is 459 g/mol. The van der Waals surface area contributed by atoms with Gasteiger partial charge in [0.25, 0.3) is 0 Å². The van der Waals surface area contributed by atoms with Gasteiger partial charge in [0.15, 0.2) is 26.8 Å². The third kappa shape index (κ3) is 4.27. The molecule has 4 heterocycles. The summed E-state index contributed by atoms with van der Waals surface area (Å²) in [6.45, 7) is 6.77. The van der Waals surface area contributed by atoms with E-state index in [1.54, 1.807) is 17.3 Å². The summed E-state index contributed by atoms with van der Waals surface area (Å²) in [7, 11) is -3.06. The molecule has 1 aliphatic rings. The molecule has 1 unspecified atom stereocenters. The second kappa shape index (κ2) is 8.77. The maximum absolute atomic E-state index is 13.0. The SMILES string of the molecule is CCC(Nc1ncnc2c1nc(-c1cnc(C)nc1)n2CC)C(=O)N1CCS(=O)(=O)CC1. The van der Waals surface area contributed by atoms with Crippen molar-refractivity contribution in [3.8, 4) is 11.4 Å². The minimum Gasteiger partial charge on any atom is -0.356 e. The first-order valence-electron chi connectivity index (χ1n) is 10.6. The van der Waals surface area contributed by atoms with Crippen LogP contribution in [0.1, 0.15) is 26.1 Å². The van der Waals surface area contributed by atoms with Crippen LogP contribution in [0.4, 0.5) is 5.82 Å². The second-order valence-corrected chi connectivity index (χ2v) is 9.98. The van der Waals surface area contributed by atoms with E-state index < -0.39 is 15.9 Å². The van der Waals surface area contributed by atoms with Gasteiger partial charge in [0, 0.05) is 32.0 Å². The van der Waals surface area contributed by atoms with Crippen molar-refractivity contribution >= 4 is 32.7 Å². The fraction of sp³-hybridized carbons (Fsp3) is 0.500. The predicted molar refractivity (Wildman–Crippen MR) is 120 cm³/mol. The van der Waals surface area contributed by atoms with E-state index in [1.807, 2.05) is 25.3 Å². The van der Waals surface area contributed by atoms with E-state index in [4.69, 9.17) is 4.98 Å². The molecule has 1 saturated heterocycles. The highest BCUT2D eigenvalue weighted by atomic mass is 32.2. The van der Waals surface area contributed by atoms with Crippen LogP contribution in [0.2, 0.25) is 0 Å². The Hall–Kier alpha value is -3.15. The third-order valence-corrected chi connectivity index (χ3v) is 7.17. The van der Waals surface area contributed by atoms with Crippen molar-refractivity contribution in [1.82, 2.24) is 34.4 Å². The Morgan fingerprint density at radius 1 is 1.12 bits per heavy atom. The Kier molecular flexibility index (Phi) is 6.04. The number of imidazole rings is 1. The van der Waals surface area contributed by atoms with Crippen molar-refractivity contribution in [3.05, 3.63) is 24.5 Å². The summed E-state index contributed by atoms with van der Waals surface area (Å²) in [5.41, 5.74) is 1.96. The number of carbonyl (C=O) groups is 1. The number of hydrogen-bond donors (Lipinski definition) is 1. The number of amides is 1. The monoisotopic (exact) mass is 458 g/mol. The lowest BCUT2D eigenvalue weighted by molar-refractivity contribution is -0.131. The van der Waals surface area contributed by atoms with E-state index in [0.717, 1.165) is 5.56 Å². The van der Waals surface area contributed by atoms with E-state index in [0.29, 0.717) is 41.6 Å². The van der Waals surface area contributed by atoms with E-state index >= 15 is 0 Å². The van der Waals surface area contributed by atoms with Crippen molar-refractivity contribution in [2.45, 2.75) is 39.8 Å². The van der Waals surface area contributed by atoms with Crippen LogP contribution in [-0.2, 0) is 21.2 Å². The van der Waals surface area contributed by atoms with Crippen molar-refractivity contribution in [3.63, 3.8) is 0 Å². The number of rotatable bonds is 6. The van der Waals surface area contributed by atoms with E-state index in [1.165, 1.54) is 6.33 Å². The maximum Gasteiger partial charge on any atom is 0.245 e. The zero-order valence-corrected chi connectivity index (χ0v) is 19.1. The molecule has 32 heavy (non-hydrogen) atoms. The first kappa shape index (κ1) is 22.1. The number of aryl methyl sites for hydroxylation is 2. The molecule has 12 heteroatoms. The van der Waals surface area contributed by atoms with Gasteiger partial charge in [0.05, 0.1) is 17.1 Å². The summed E-state index contributed by atoms with van der Waals surface area (Å²) in [5.74, 6) is 1.65. The van der Waals surface area contributed by atoms with E-state index in [9.17, 15) is 13.2 Å². The minimum absolute atomic E-state index is 0.00415. The topological polar surface area (TPSA) is 136 Å². The summed E-state index contributed by atoms with van der Waals surface area (Å²) in [4.78, 5) is 36.7. The Labute approximate surface area is 186 Å². The molecule has 0 aliphatic carbocycles. The predicted octanol–water partition coefficient (Wildman–Crippen LogP) is 1.06. The van der Waals surface area contributed by atoms with Gasteiger partial charge in [-0.25, -0.2) is 33.3 Å². The summed E-state index contributed by atoms with van der Waals surface area (Å²) in [6, 6.07) is -0.549. The first-order chi connectivity index (χ1) is 15.3. The largest absolute Gasteiger partial charge is 0.356 e. The first-order valence-corrected chi connectivity index (χ1v) is 12.4. The van der Waals surface area contributed by atoms with E-state index in [2.05, 4.69) is 25.3 Å². The number of sulfone groups is 1. The molecule has 0 radical (unpaired) electrons. The molecular formula is C20H26N8O3S. The lowest BCUT2D eigenvalue weighted by Gasteiger charge is -2.30. The Morgan fingerprint density at radius 2 is 1.81 bits per heavy atom. The number of hydrogen-bond acceptors (Lipinski definition) is 9. The molecule has 3 aromatic rings. The zero-order valence-electron chi connectivity index (χ0n) is 18.3. The van der Waals surface area contributed by atoms with Crippen LogP contribution in [-0.4, -0.2) is 79.3 Å². The van der Waals surface area contributed by atoms with Crippen LogP contribution >= 0.6 is 0 Å². The van der Waals surface area contributed by atoms with Gasteiger partial charge in [-0.3, -0.25) is 4.79 Å². The van der Waals surface area contributed by atoms with Gasteiger partial charge in [0.1, 0.15) is 24.0 Å². The van der Waals surface area contributed by atoms with Gasteiger partial charge in [-0.15, -0.1) is 0 Å². The quantitative estimate of drug-likeness (QED) is 0.575. The molecule has 11 nitrogen and oxygen atoms in total. The summed E-state index contributed by atoms with van der Waals surface area (Å²) in [6.07, 6.45) is 5.40. The molecule has 1 N–H and O–H groups in total. The second-order valence-electron chi connectivity index (χ2n) is 7.68. The Balaban J connectivity index is 1.65. The number of anilines is 1. The summed E-state index contributed by atoms with van der Waals surface area (Å²) < 4.78 is 25.4. The molecule has 0 aromatic carbocycles. The Bertz CT molecular complexity index is 1230. The third-order valence-electron chi connectivity index (χ3n) is 5.56. The highest BCUT2D eigenvalue weighted by Gasteiger charge is 2.30. The Morgan fingerprint density at radius 3 is 2.44 bits per heavy atom. The van der Waals surface area contributed by atoms with Gasteiger partial charge in [-0.05, 0) is 20.3 Å². The normalized spacial score (nSPS) is 16.8. The molecule has 0 saturated carbocycles. The van der Waals surface area contributed by atoms with Crippen LogP contribution in [0, 0.1) is 6.92 Å². The maximum atomic E-state index is 13.0.